The quantitative estimate of drug-likeness (QED) is 0.819. The highest BCUT2D eigenvalue weighted by molar-refractivity contribution is 5.92. The first-order chi connectivity index (χ1) is 8.15. The van der Waals surface area contributed by atoms with Gasteiger partial charge in [-0.05, 0) is 44.2 Å². The summed E-state index contributed by atoms with van der Waals surface area (Å²) in [6.07, 6.45) is 7.14. The van der Waals surface area contributed by atoms with E-state index in [1.54, 1.807) is 12.4 Å². The molecule has 0 bridgehead atoms. The summed E-state index contributed by atoms with van der Waals surface area (Å²) in [4.78, 5) is 16.1. The molecule has 17 heavy (non-hydrogen) atoms. The SMILES string of the molecule is Cc1cncc(NC(=O)C2CCC(N)CC2)c1. The number of carbonyl (C=O) groups excluding carboxylic acids is 1. The van der Waals surface area contributed by atoms with Crippen molar-refractivity contribution in [1.82, 2.24) is 4.98 Å². The largest absolute Gasteiger partial charge is 0.328 e. The number of nitrogens with two attached hydrogens (primary N) is 1. The van der Waals surface area contributed by atoms with E-state index in [1.807, 2.05) is 13.0 Å². The van der Waals surface area contributed by atoms with Crippen LogP contribution in [0.3, 0.4) is 0 Å². The van der Waals surface area contributed by atoms with Gasteiger partial charge in [0, 0.05) is 18.2 Å². The van der Waals surface area contributed by atoms with Crippen LogP contribution in [0.1, 0.15) is 31.2 Å². The molecule has 0 aliphatic heterocycles. The zero-order chi connectivity index (χ0) is 12.3. The number of amides is 1. The minimum atomic E-state index is 0.101. The predicted molar refractivity (Wildman–Crippen MR) is 67.5 cm³/mol. The fraction of sp³-hybridized carbons (Fsp3) is 0.538. The maximum absolute atomic E-state index is 12.0. The zero-order valence-electron chi connectivity index (χ0n) is 10.1. The van der Waals surface area contributed by atoms with Crippen LogP contribution in [-0.4, -0.2) is 16.9 Å². The van der Waals surface area contributed by atoms with Gasteiger partial charge in [-0.25, -0.2) is 0 Å². The zero-order valence-corrected chi connectivity index (χ0v) is 10.1. The first kappa shape index (κ1) is 12.0. The number of nitrogens with zero attached hydrogens (tertiary/aromatic N) is 1. The van der Waals surface area contributed by atoms with E-state index in [4.69, 9.17) is 5.73 Å². The lowest BCUT2D eigenvalue weighted by Crippen LogP contribution is -2.32. The number of hydrogen-bond donors (Lipinski definition) is 2. The Kier molecular flexibility index (Phi) is 3.74. The van der Waals surface area contributed by atoms with Crippen molar-refractivity contribution in [3.05, 3.63) is 24.0 Å². The topological polar surface area (TPSA) is 68.0 Å². The summed E-state index contributed by atoms with van der Waals surface area (Å²) < 4.78 is 0. The van der Waals surface area contributed by atoms with Gasteiger partial charge in [0.2, 0.25) is 5.91 Å². The normalized spacial score (nSPS) is 24.4. The minimum absolute atomic E-state index is 0.101. The van der Waals surface area contributed by atoms with Gasteiger partial charge in [-0.2, -0.15) is 0 Å². The molecule has 0 saturated heterocycles. The Bertz CT molecular complexity index is 397. The van der Waals surface area contributed by atoms with Crippen molar-refractivity contribution in [2.75, 3.05) is 5.32 Å². The Hall–Kier alpha value is -1.42. The van der Waals surface area contributed by atoms with Crippen LogP contribution in [0.25, 0.3) is 0 Å². The minimum Gasteiger partial charge on any atom is -0.328 e. The molecule has 1 heterocycles. The number of hydrogen-bond acceptors (Lipinski definition) is 3. The van der Waals surface area contributed by atoms with Gasteiger partial charge in [0.1, 0.15) is 0 Å². The summed E-state index contributed by atoms with van der Waals surface area (Å²) in [5, 5.41) is 2.93. The first-order valence-electron chi connectivity index (χ1n) is 6.13. The van der Waals surface area contributed by atoms with Crippen LogP contribution in [0.2, 0.25) is 0 Å². The second-order valence-corrected chi connectivity index (χ2v) is 4.85. The third-order valence-electron chi connectivity index (χ3n) is 3.29. The van der Waals surface area contributed by atoms with E-state index in [0.717, 1.165) is 36.9 Å². The van der Waals surface area contributed by atoms with Gasteiger partial charge in [0.15, 0.2) is 0 Å². The van der Waals surface area contributed by atoms with Crippen molar-refractivity contribution in [3.8, 4) is 0 Å². The number of carbonyl (C=O) groups is 1. The summed E-state index contributed by atoms with van der Waals surface area (Å²) in [5.41, 5.74) is 7.66. The molecule has 4 heteroatoms. The molecule has 1 aliphatic carbocycles. The van der Waals surface area contributed by atoms with Gasteiger partial charge in [-0.15, -0.1) is 0 Å². The molecule has 0 radical (unpaired) electrons. The summed E-state index contributed by atoms with van der Waals surface area (Å²) in [7, 11) is 0. The maximum atomic E-state index is 12.0. The fourth-order valence-corrected chi connectivity index (χ4v) is 2.25. The molecule has 0 atom stereocenters. The highest BCUT2D eigenvalue weighted by atomic mass is 16.1. The molecular formula is C13H19N3O. The van der Waals surface area contributed by atoms with E-state index in [1.165, 1.54) is 0 Å². The van der Waals surface area contributed by atoms with Crippen LogP contribution < -0.4 is 11.1 Å². The lowest BCUT2D eigenvalue weighted by Gasteiger charge is -2.25. The summed E-state index contributed by atoms with van der Waals surface area (Å²) in [6, 6.07) is 2.21. The van der Waals surface area contributed by atoms with Gasteiger partial charge in [-0.3, -0.25) is 9.78 Å². The maximum Gasteiger partial charge on any atom is 0.227 e. The lowest BCUT2D eigenvalue weighted by molar-refractivity contribution is -0.120. The van der Waals surface area contributed by atoms with Crippen molar-refractivity contribution in [1.29, 1.82) is 0 Å². The van der Waals surface area contributed by atoms with E-state index in [-0.39, 0.29) is 17.9 Å². The molecular weight excluding hydrogens is 214 g/mol. The molecule has 1 aromatic heterocycles. The molecule has 4 nitrogen and oxygen atoms in total. The summed E-state index contributed by atoms with van der Waals surface area (Å²) in [6.45, 7) is 1.96. The first-order valence-corrected chi connectivity index (χ1v) is 6.13. The fourth-order valence-electron chi connectivity index (χ4n) is 2.25. The van der Waals surface area contributed by atoms with Crippen molar-refractivity contribution >= 4 is 11.6 Å². The highest BCUT2D eigenvalue weighted by Gasteiger charge is 2.24. The highest BCUT2D eigenvalue weighted by Crippen LogP contribution is 2.24. The molecule has 1 fully saturated rings. The number of aryl methyl sites for hydroxylation is 1. The molecule has 92 valence electrons. The molecule has 0 spiro atoms. The molecule has 1 amide bonds. The van der Waals surface area contributed by atoms with Gasteiger partial charge >= 0.3 is 0 Å². The number of nitrogens with one attached hydrogen (secondary N) is 1. The smallest absolute Gasteiger partial charge is 0.227 e. The molecule has 0 unspecified atom stereocenters. The summed E-state index contributed by atoms with van der Waals surface area (Å²) in [5.74, 6) is 0.208. The van der Waals surface area contributed by atoms with Crippen LogP contribution in [0.5, 0.6) is 0 Å². The standard InChI is InChI=1S/C13H19N3O/c1-9-6-12(8-15-7-9)16-13(17)10-2-4-11(14)5-3-10/h6-8,10-11H,2-5,14H2,1H3,(H,16,17). The van der Waals surface area contributed by atoms with E-state index >= 15 is 0 Å². The van der Waals surface area contributed by atoms with Crippen LogP contribution in [0.15, 0.2) is 18.5 Å². The van der Waals surface area contributed by atoms with Gasteiger partial charge in [-0.1, -0.05) is 0 Å². The average Bonchev–Trinajstić information content (AvgIpc) is 2.29. The van der Waals surface area contributed by atoms with Gasteiger partial charge in [0.25, 0.3) is 0 Å². The number of aromatic nitrogens is 1. The lowest BCUT2D eigenvalue weighted by atomic mass is 9.86. The molecule has 2 rings (SSSR count). The van der Waals surface area contributed by atoms with Crippen molar-refractivity contribution in [3.63, 3.8) is 0 Å². The van der Waals surface area contributed by atoms with E-state index in [2.05, 4.69) is 10.3 Å². The van der Waals surface area contributed by atoms with E-state index in [0.29, 0.717) is 0 Å². The molecule has 3 N–H and O–H groups in total. The Balaban J connectivity index is 1.93. The third kappa shape index (κ3) is 3.27. The van der Waals surface area contributed by atoms with Crippen LogP contribution >= 0.6 is 0 Å². The van der Waals surface area contributed by atoms with Crippen molar-refractivity contribution in [2.24, 2.45) is 11.7 Å². The van der Waals surface area contributed by atoms with E-state index < -0.39 is 0 Å². The Morgan fingerprint density at radius 1 is 1.35 bits per heavy atom. The number of anilines is 1. The molecule has 1 saturated carbocycles. The van der Waals surface area contributed by atoms with Crippen molar-refractivity contribution in [2.45, 2.75) is 38.6 Å². The molecule has 1 aromatic rings. The average molecular weight is 233 g/mol. The van der Waals surface area contributed by atoms with Gasteiger partial charge in [0.05, 0.1) is 11.9 Å². The Morgan fingerprint density at radius 3 is 2.71 bits per heavy atom. The van der Waals surface area contributed by atoms with Gasteiger partial charge < -0.3 is 11.1 Å². The van der Waals surface area contributed by atoms with Crippen LogP contribution in [-0.2, 0) is 4.79 Å². The predicted octanol–water partition coefficient (Wildman–Crippen LogP) is 1.85. The third-order valence-corrected chi connectivity index (χ3v) is 3.29. The number of rotatable bonds is 2. The molecule has 1 aliphatic rings. The second kappa shape index (κ2) is 5.27. The van der Waals surface area contributed by atoms with Crippen LogP contribution in [0.4, 0.5) is 5.69 Å². The Labute approximate surface area is 102 Å². The monoisotopic (exact) mass is 233 g/mol. The number of pyridine rings is 1. The second-order valence-electron chi connectivity index (χ2n) is 4.85. The van der Waals surface area contributed by atoms with E-state index in [9.17, 15) is 4.79 Å². The van der Waals surface area contributed by atoms with Crippen LogP contribution in [0, 0.1) is 12.8 Å². The summed E-state index contributed by atoms with van der Waals surface area (Å²) >= 11 is 0. The Morgan fingerprint density at radius 2 is 2.06 bits per heavy atom. The van der Waals surface area contributed by atoms with Crippen molar-refractivity contribution < 1.29 is 4.79 Å². The molecule has 0 aromatic carbocycles.